The van der Waals surface area contributed by atoms with Crippen molar-refractivity contribution in [3.8, 4) is 17.2 Å². The van der Waals surface area contributed by atoms with Gasteiger partial charge in [-0.15, -0.1) is 0 Å². The molecule has 0 unspecified atom stereocenters. The van der Waals surface area contributed by atoms with Crippen LogP contribution in [-0.4, -0.2) is 58.3 Å². The van der Waals surface area contributed by atoms with E-state index >= 15 is 0 Å². The number of benzene rings is 1. The summed E-state index contributed by atoms with van der Waals surface area (Å²) in [6.45, 7) is 4.15. The first-order valence-corrected chi connectivity index (χ1v) is 8.55. The molecule has 0 atom stereocenters. The number of hydrogen-bond acceptors (Lipinski definition) is 6. The second kappa shape index (κ2) is 6.83. The Morgan fingerprint density at radius 3 is 2.92 bits per heavy atom. The lowest BCUT2D eigenvalue weighted by molar-refractivity contribution is -0.132. The van der Waals surface area contributed by atoms with Crippen LogP contribution in [0, 0.1) is 6.92 Å². The second-order valence-electron chi connectivity index (χ2n) is 6.21. The van der Waals surface area contributed by atoms with Gasteiger partial charge < -0.3 is 19.1 Å². The summed E-state index contributed by atoms with van der Waals surface area (Å²) in [5.74, 6) is 1.60. The van der Waals surface area contributed by atoms with E-state index in [1.54, 1.807) is 30.0 Å². The monoisotopic (exact) mass is 360 g/mol. The molecule has 0 aliphatic carbocycles. The van der Waals surface area contributed by atoms with E-state index in [4.69, 9.17) is 14.2 Å². The predicted octanol–water partition coefficient (Wildman–Crippen LogP) is 0.320. The Morgan fingerprint density at radius 1 is 1.19 bits per heavy atom. The number of carbonyl (C=O) groups excluding carboxylic acids is 1. The molecule has 26 heavy (non-hydrogen) atoms. The van der Waals surface area contributed by atoms with Crippen molar-refractivity contribution < 1.29 is 19.0 Å². The van der Waals surface area contributed by atoms with E-state index < -0.39 is 0 Å². The van der Waals surface area contributed by atoms with Crippen molar-refractivity contribution in [2.45, 2.75) is 19.9 Å². The van der Waals surface area contributed by atoms with Crippen LogP contribution in [0.1, 0.15) is 12.2 Å². The van der Waals surface area contributed by atoms with Crippen LogP contribution in [0.5, 0.6) is 11.5 Å². The van der Waals surface area contributed by atoms with Gasteiger partial charge in [-0.2, -0.15) is 5.10 Å². The number of hydrogen-bond donors (Lipinski definition) is 0. The molecule has 1 aromatic heterocycles. The number of nitrogens with zero attached hydrogens (tertiary/aromatic N) is 4. The number of ether oxygens (including phenoxy) is 3. The molecule has 9 nitrogen and oxygen atoms in total. The number of aromatic nitrogens is 3. The molecule has 0 spiro atoms. The summed E-state index contributed by atoms with van der Waals surface area (Å²) in [5.41, 5.74) is 0.263. The third-order valence-electron chi connectivity index (χ3n) is 4.48. The maximum atomic E-state index is 12.8. The third-order valence-corrected chi connectivity index (χ3v) is 4.48. The molecular weight excluding hydrogens is 340 g/mol. The second-order valence-corrected chi connectivity index (χ2v) is 6.21. The molecule has 2 aliphatic heterocycles. The standard InChI is InChI=1S/C17H20N4O5/c1-12-18-20(10-16(22)19-5-2-7-24-8-6-19)17(23)21(12)13-3-4-14-15(9-13)26-11-25-14/h3-4,9H,2,5-8,10-11H2,1H3. The summed E-state index contributed by atoms with van der Waals surface area (Å²) in [6, 6.07) is 5.25. The lowest BCUT2D eigenvalue weighted by Crippen LogP contribution is -2.38. The molecule has 1 amide bonds. The van der Waals surface area contributed by atoms with E-state index in [1.165, 1.54) is 9.25 Å². The zero-order valence-electron chi connectivity index (χ0n) is 14.5. The quantitative estimate of drug-likeness (QED) is 0.783. The lowest BCUT2D eigenvalue weighted by Gasteiger charge is -2.19. The summed E-state index contributed by atoms with van der Waals surface area (Å²) in [7, 11) is 0. The molecule has 2 aromatic rings. The summed E-state index contributed by atoms with van der Waals surface area (Å²) in [4.78, 5) is 27.0. The minimum Gasteiger partial charge on any atom is -0.454 e. The van der Waals surface area contributed by atoms with Crippen molar-refractivity contribution in [2.24, 2.45) is 0 Å². The highest BCUT2D eigenvalue weighted by atomic mass is 16.7. The Morgan fingerprint density at radius 2 is 2.04 bits per heavy atom. The molecule has 3 heterocycles. The summed E-state index contributed by atoms with van der Waals surface area (Å²) in [5, 5.41) is 4.25. The number of amides is 1. The molecule has 0 radical (unpaired) electrons. The van der Waals surface area contributed by atoms with E-state index in [2.05, 4.69) is 5.10 Å². The third kappa shape index (κ3) is 3.05. The van der Waals surface area contributed by atoms with Gasteiger partial charge in [-0.25, -0.2) is 14.0 Å². The van der Waals surface area contributed by atoms with Crippen molar-refractivity contribution >= 4 is 5.91 Å². The Bertz CT molecular complexity index is 880. The molecule has 4 rings (SSSR count). The van der Waals surface area contributed by atoms with Crippen molar-refractivity contribution in [3.05, 3.63) is 34.5 Å². The van der Waals surface area contributed by atoms with Gasteiger partial charge in [-0.1, -0.05) is 0 Å². The minimum absolute atomic E-state index is 0.0861. The van der Waals surface area contributed by atoms with Gasteiger partial charge in [-0.05, 0) is 25.5 Å². The largest absolute Gasteiger partial charge is 0.454 e. The lowest BCUT2D eigenvalue weighted by atomic mass is 10.2. The molecule has 0 saturated carbocycles. The van der Waals surface area contributed by atoms with Gasteiger partial charge in [0, 0.05) is 25.8 Å². The first-order valence-electron chi connectivity index (χ1n) is 8.55. The Labute approximate surface area is 149 Å². The van der Waals surface area contributed by atoms with Crippen LogP contribution in [0.15, 0.2) is 23.0 Å². The number of rotatable bonds is 3. The zero-order chi connectivity index (χ0) is 18.1. The van der Waals surface area contributed by atoms with Gasteiger partial charge in [0.25, 0.3) is 0 Å². The fourth-order valence-electron chi connectivity index (χ4n) is 3.16. The van der Waals surface area contributed by atoms with Gasteiger partial charge in [0.05, 0.1) is 12.3 Å². The van der Waals surface area contributed by atoms with Gasteiger partial charge >= 0.3 is 5.69 Å². The summed E-state index contributed by atoms with van der Waals surface area (Å²) in [6.07, 6.45) is 0.797. The normalized spacial score (nSPS) is 16.6. The average Bonchev–Trinajstić information content (AvgIpc) is 3.07. The van der Waals surface area contributed by atoms with Crippen LogP contribution >= 0.6 is 0 Å². The summed E-state index contributed by atoms with van der Waals surface area (Å²) >= 11 is 0. The fraction of sp³-hybridized carbons (Fsp3) is 0.471. The van der Waals surface area contributed by atoms with E-state index in [1.807, 2.05) is 0 Å². The van der Waals surface area contributed by atoms with Crippen LogP contribution in [0.25, 0.3) is 5.69 Å². The molecule has 1 aromatic carbocycles. The molecular formula is C17H20N4O5. The van der Waals surface area contributed by atoms with E-state index in [0.717, 1.165) is 6.42 Å². The molecule has 0 bridgehead atoms. The maximum absolute atomic E-state index is 12.8. The van der Waals surface area contributed by atoms with Gasteiger partial charge in [0.1, 0.15) is 12.4 Å². The number of fused-ring (bicyclic) bond motifs is 1. The van der Waals surface area contributed by atoms with Crippen molar-refractivity contribution in [1.29, 1.82) is 0 Å². The molecule has 1 saturated heterocycles. The van der Waals surface area contributed by atoms with Crippen LogP contribution < -0.4 is 15.2 Å². The van der Waals surface area contributed by atoms with Crippen LogP contribution in [0.3, 0.4) is 0 Å². The first kappa shape index (κ1) is 16.6. The summed E-state index contributed by atoms with van der Waals surface area (Å²) < 4.78 is 18.7. The van der Waals surface area contributed by atoms with Gasteiger partial charge in [0.15, 0.2) is 11.5 Å². The van der Waals surface area contributed by atoms with E-state index in [-0.39, 0.29) is 24.9 Å². The number of carbonyl (C=O) groups is 1. The molecule has 2 aliphatic rings. The fourth-order valence-corrected chi connectivity index (χ4v) is 3.16. The maximum Gasteiger partial charge on any atom is 0.351 e. The predicted molar refractivity (Wildman–Crippen MR) is 90.7 cm³/mol. The molecule has 9 heteroatoms. The Kier molecular flexibility index (Phi) is 4.37. The molecule has 0 N–H and O–H groups in total. The van der Waals surface area contributed by atoms with Crippen molar-refractivity contribution in [3.63, 3.8) is 0 Å². The highest BCUT2D eigenvalue weighted by Gasteiger charge is 2.21. The van der Waals surface area contributed by atoms with E-state index in [0.29, 0.717) is 49.3 Å². The Hall–Kier alpha value is -2.81. The highest BCUT2D eigenvalue weighted by molar-refractivity contribution is 5.75. The topological polar surface area (TPSA) is 87.8 Å². The number of aryl methyl sites for hydroxylation is 1. The van der Waals surface area contributed by atoms with E-state index in [9.17, 15) is 9.59 Å². The van der Waals surface area contributed by atoms with Crippen molar-refractivity contribution in [2.75, 3.05) is 33.1 Å². The van der Waals surface area contributed by atoms with Crippen LogP contribution in [0.2, 0.25) is 0 Å². The zero-order valence-corrected chi connectivity index (χ0v) is 14.5. The smallest absolute Gasteiger partial charge is 0.351 e. The molecule has 138 valence electrons. The van der Waals surface area contributed by atoms with Crippen molar-refractivity contribution in [1.82, 2.24) is 19.2 Å². The van der Waals surface area contributed by atoms with Crippen LogP contribution in [0.4, 0.5) is 0 Å². The molecule has 1 fully saturated rings. The first-order chi connectivity index (χ1) is 12.6. The minimum atomic E-state index is -0.360. The van der Waals surface area contributed by atoms with Gasteiger partial charge in [-0.3, -0.25) is 4.79 Å². The van der Waals surface area contributed by atoms with Crippen LogP contribution in [-0.2, 0) is 16.1 Å². The Balaban J connectivity index is 1.58. The average molecular weight is 360 g/mol. The highest BCUT2D eigenvalue weighted by Crippen LogP contribution is 2.33. The SMILES string of the molecule is Cc1nn(CC(=O)N2CCCOCC2)c(=O)n1-c1ccc2c(c1)OCO2. The van der Waals surface area contributed by atoms with Gasteiger partial charge in [0.2, 0.25) is 12.7 Å².